The van der Waals surface area contributed by atoms with E-state index in [9.17, 15) is 14.4 Å². The number of hydrogen-bond donors (Lipinski definition) is 1. The van der Waals surface area contributed by atoms with Crippen LogP contribution in [-0.4, -0.2) is 65.2 Å². The summed E-state index contributed by atoms with van der Waals surface area (Å²) >= 11 is 0. The third kappa shape index (κ3) is 5.39. The molecular weight excluding hydrogens is 356 g/mol. The van der Waals surface area contributed by atoms with Crippen molar-refractivity contribution in [2.45, 2.75) is 12.8 Å². The van der Waals surface area contributed by atoms with Gasteiger partial charge in [0.05, 0.1) is 6.42 Å². The largest absolute Gasteiger partial charge is 0.352 e. The first kappa shape index (κ1) is 19.5. The number of piperazine rings is 1. The summed E-state index contributed by atoms with van der Waals surface area (Å²) in [6.07, 6.45) is 2.20. The van der Waals surface area contributed by atoms with Crippen molar-refractivity contribution >= 4 is 17.7 Å². The van der Waals surface area contributed by atoms with Crippen LogP contribution in [0.4, 0.5) is 0 Å². The van der Waals surface area contributed by atoms with Crippen molar-refractivity contribution in [3.8, 4) is 0 Å². The number of nitrogens with one attached hydrogen (secondary N) is 1. The summed E-state index contributed by atoms with van der Waals surface area (Å²) < 4.78 is 0. The summed E-state index contributed by atoms with van der Waals surface area (Å²) in [5.41, 5.74) is 1.33. The maximum Gasteiger partial charge on any atom is 0.251 e. The SMILES string of the molecule is O=C(NCCC(=O)N1CCN(C(=O)Cc2ccccn2)CC1)c1ccccc1. The molecule has 7 heteroatoms. The molecule has 1 aliphatic heterocycles. The first-order chi connectivity index (χ1) is 13.6. The van der Waals surface area contributed by atoms with Crippen LogP contribution in [0.2, 0.25) is 0 Å². The molecular formula is C21H24N4O3. The maximum absolute atomic E-state index is 12.4. The van der Waals surface area contributed by atoms with Gasteiger partial charge in [-0.15, -0.1) is 0 Å². The Balaban J connectivity index is 1.38. The first-order valence-corrected chi connectivity index (χ1v) is 9.42. The molecule has 0 bridgehead atoms. The van der Waals surface area contributed by atoms with Crippen molar-refractivity contribution in [1.82, 2.24) is 20.1 Å². The second-order valence-electron chi connectivity index (χ2n) is 6.63. The van der Waals surface area contributed by atoms with Crippen LogP contribution in [-0.2, 0) is 16.0 Å². The fourth-order valence-electron chi connectivity index (χ4n) is 3.11. The second-order valence-corrected chi connectivity index (χ2v) is 6.63. The van der Waals surface area contributed by atoms with E-state index >= 15 is 0 Å². The lowest BCUT2D eigenvalue weighted by Crippen LogP contribution is -2.51. The number of nitrogens with zero attached hydrogens (tertiary/aromatic N) is 3. The number of hydrogen-bond acceptors (Lipinski definition) is 4. The highest BCUT2D eigenvalue weighted by atomic mass is 16.2. The van der Waals surface area contributed by atoms with E-state index in [1.54, 1.807) is 40.3 Å². The predicted octanol–water partition coefficient (Wildman–Crippen LogP) is 1.12. The van der Waals surface area contributed by atoms with Crippen molar-refractivity contribution in [1.29, 1.82) is 0 Å². The average Bonchev–Trinajstić information content (AvgIpc) is 2.75. The Hall–Kier alpha value is -3.22. The Morgan fingerprint density at radius 2 is 1.50 bits per heavy atom. The normalized spacial score (nSPS) is 13.9. The smallest absolute Gasteiger partial charge is 0.251 e. The average molecular weight is 380 g/mol. The van der Waals surface area contributed by atoms with E-state index in [4.69, 9.17) is 0 Å². The number of benzene rings is 1. The van der Waals surface area contributed by atoms with Crippen molar-refractivity contribution < 1.29 is 14.4 Å². The molecule has 1 N–H and O–H groups in total. The zero-order valence-corrected chi connectivity index (χ0v) is 15.7. The van der Waals surface area contributed by atoms with Crippen LogP contribution >= 0.6 is 0 Å². The number of carbonyl (C=O) groups is 3. The molecule has 0 spiro atoms. The van der Waals surface area contributed by atoms with Gasteiger partial charge in [-0.2, -0.15) is 0 Å². The highest BCUT2D eigenvalue weighted by Gasteiger charge is 2.24. The lowest BCUT2D eigenvalue weighted by Gasteiger charge is -2.35. The van der Waals surface area contributed by atoms with E-state index in [0.717, 1.165) is 5.69 Å². The molecule has 0 atom stereocenters. The number of carbonyl (C=O) groups excluding carboxylic acids is 3. The van der Waals surface area contributed by atoms with E-state index in [0.29, 0.717) is 38.3 Å². The van der Waals surface area contributed by atoms with Gasteiger partial charge in [-0.25, -0.2) is 0 Å². The fraction of sp³-hybridized carbons (Fsp3) is 0.333. The third-order valence-corrected chi connectivity index (χ3v) is 4.70. The van der Waals surface area contributed by atoms with Gasteiger partial charge in [-0.3, -0.25) is 19.4 Å². The van der Waals surface area contributed by atoms with Crippen LogP contribution in [0.5, 0.6) is 0 Å². The highest BCUT2D eigenvalue weighted by Crippen LogP contribution is 2.07. The van der Waals surface area contributed by atoms with Crippen LogP contribution in [0.25, 0.3) is 0 Å². The minimum atomic E-state index is -0.182. The minimum Gasteiger partial charge on any atom is -0.352 e. The first-order valence-electron chi connectivity index (χ1n) is 9.42. The van der Waals surface area contributed by atoms with E-state index < -0.39 is 0 Å². The molecule has 0 unspecified atom stereocenters. The van der Waals surface area contributed by atoms with E-state index in [2.05, 4.69) is 10.3 Å². The summed E-state index contributed by atoms with van der Waals surface area (Å²) in [4.78, 5) is 44.4. The van der Waals surface area contributed by atoms with E-state index in [-0.39, 0.29) is 30.6 Å². The van der Waals surface area contributed by atoms with Crippen molar-refractivity contribution in [2.24, 2.45) is 0 Å². The standard InChI is InChI=1S/C21H24N4O3/c26-19(9-11-23-21(28)17-6-2-1-3-7-17)24-12-14-25(15-13-24)20(27)16-18-8-4-5-10-22-18/h1-8,10H,9,11-16H2,(H,23,28). The van der Waals surface area contributed by atoms with E-state index in [1.165, 1.54) is 0 Å². The molecule has 1 aromatic heterocycles. The minimum absolute atomic E-state index is 0.00909. The summed E-state index contributed by atoms with van der Waals surface area (Å²) in [7, 11) is 0. The molecule has 1 aromatic carbocycles. The Bertz CT molecular complexity index is 803. The van der Waals surface area contributed by atoms with Gasteiger partial charge in [-0.05, 0) is 24.3 Å². The molecule has 3 amide bonds. The highest BCUT2D eigenvalue weighted by molar-refractivity contribution is 5.94. The van der Waals surface area contributed by atoms with Gasteiger partial charge < -0.3 is 15.1 Å². The van der Waals surface area contributed by atoms with Crippen LogP contribution in [0.1, 0.15) is 22.5 Å². The van der Waals surface area contributed by atoms with Gasteiger partial charge in [0.25, 0.3) is 5.91 Å². The topological polar surface area (TPSA) is 82.6 Å². The summed E-state index contributed by atoms with van der Waals surface area (Å²) in [6, 6.07) is 14.4. The van der Waals surface area contributed by atoms with Gasteiger partial charge in [-0.1, -0.05) is 24.3 Å². The zero-order valence-electron chi connectivity index (χ0n) is 15.7. The molecule has 3 rings (SSSR count). The van der Waals surface area contributed by atoms with Gasteiger partial charge in [0.15, 0.2) is 0 Å². The fourth-order valence-corrected chi connectivity index (χ4v) is 3.11. The van der Waals surface area contributed by atoms with Crippen LogP contribution in [0, 0.1) is 0 Å². The van der Waals surface area contributed by atoms with Crippen molar-refractivity contribution in [2.75, 3.05) is 32.7 Å². The summed E-state index contributed by atoms with van der Waals surface area (Å²) in [6.45, 7) is 2.37. The second kappa shape index (κ2) is 9.64. The quantitative estimate of drug-likeness (QED) is 0.814. The number of pyridine rings is 1. The molecule has 1 saturated heterocycles. The zero-order chi connectivity index (χ0) is 19.8. The Morgan fingerprint density at radius 3 is 2.14 bits per heavy atom. The lowest BCUT2D eigenvalue weighted by molar-refractivity contribution is -0.139. The van der Waals surface area contributed by atoms with Crippen LogP contribution in [0.15, 0.2) is 54.7 Å². The van der Waals surface area contributed by atoms with E-state index in [1.807, 2.05) is 24.3 Å². The summed E-state index contributed by atoms with van der Waals surface area (Å²) in [5, 5.41) is 2.77. The molecule has 28 heavy (non-hydrogen) atoms. The Kier molecular flexibility index (Phi) is 6.73. The maximum atomic E-state index is 12.4. The molecule has 146 valence electrons. The molecule has 7 nitrogen and oxygen atoms in total. The number of amides is 3. The molecule has 0 aliphatic carbocycles. The lowest BCUT2D eigenvalue weighted by atomic mass is 10.2. The third-order valence-electron chi connectivity index (χ3n) is 4.70. The molecule has 2 heterocycles. The van der Waals surface area contributed by atoms with Gasteiger partial charge >= 0.3 is 0 Å². The van der Waals surface area contributed by atoms with Crippen molar-refractivity contribution in [3.05, 3.63) is 66.0 Å². The van der Waals surface area contributed by atoms with Gasteiger partial charge in [0.2, 0.25) is 11.8 Å². The Morgan fingerprint density at radius 1 is 0.857 bits per heavy atom. The number of rotatable bonds is 6. The van der Waals surface area contributed by atoms with Crippen LogP contribution < -0.4 is 5.32 Å². The molecule has 1 fully saturated rings. The monoisotopic (exact) mass is 380 g/mol. The number of aromatic nitrogens is 1. The molecule has 1 aliphatic rings. The van der Waals surface area contributed by atoms with Crippen LogP contribution in [0.3, 0.4) is 0 Å². The van der Waals surface area contributed by atoms with Gasteiger partial charge in [0, 0.05) is 56.6 Å². The van der Waals surface area contributed by atoms with Gasteiger partial charge in [0.1, 0.15) is 0 Å². The summed E-state index contributed by atoms with van der Waals surface area (Å²) in [5.74, 6) is -0.163. The molecule has 0 radical (unpaired) electrons. The Labute approximate surface area is 164 Å². The molecule has 2 aromatic rings. The molecule has 0 saturated carbocycles. The predicted molar refractivity (Wildman–Crippen MR) is 104 cm³/mol. The van der Waals surface area contributed by atoms with Crippen molar-refractivity contribution in [3.63, 3.8) is 0 Å².